The Labute approximate surface area is 112 Å². The number of carbonyl (C=O) groups is 1. The average molecular weight is 252 g/mol. The van der Waals surface area contributed by atoms with Gasteiger partial charge in [-0.05, 0) is 33.6 Å². The van der Waals surface area contributed by atoms with Crippen molar-refractivity contribution in [1.82, 2.24) is 9.80 Å². The Bertz CT molecular complexity index is 323. The van der Waals surface area contributed by atoms with Crippen molar-refractivity contribution in [2.75, 3.05) is 13.1 Å². The van der Waals surface area contributed by atoms with E-state index in [2.05, 4.69) is 30.6 Å². The van der Waals surface area contributed by atoms with Gasteiger partial charge >= 0.3 is 0 Å². The number of likely N-dealkylation sites (tertiary alicyclic amines) is 1. The lowest BCUT2D eigenvalue weighted by molar-refractivity contribution is -0.144. The molecule has 3 heteroatoms. The number of hydrogen-bond acceptors (Lipinski definition) is 2. The van der Waals surface area contributed by atoms with Gasteiger partial charge in [-0.15, -0.1) is 0 Å². The summed E-state index contributed by atoms with van der Waals surface area (Å²) in [5.74, 6) is 0.313. The van der Waals surface area contributed by atoms with Crippen molar-refractivity contribution in [3.8, 4) is 0 Å². The predicted molar refractivity (Wildman–Crippen MR) is 74.4 cm³/mol. The second kappa shape index (κ2) is 4.22. The molecule has 0 aromatic rings. The van der Waals surface area contributed by atoms with Crippen molar-refractivity contribution < 1.29 is 4.79 Å². The molecule has 0 aromatic heterocycles. The van der Waals surface area contributed by atoms with Crippen molar-refractivity contribution in [2.45, 2.75) is 72.0 Å². The molecule has 0 N–H and O–H groups in total. The van der Waals surface area contributed by atoms with Crippen LogP contribution in [0.15, 0.2) is 0 Å². The SMILES string of the molecule is CC(C)(C)C(=O)N1CC2CCC(C1)N2C(C)(C)C. The minimum absolute atomic E-state index is 0.225. The zero-order chi connectivity index (χ0) is 13.7. The first-order valence-corrected chi connectivity index (χ1v) is 7.18. The third-order valence-electron chi connectivity index (χ3n) is 4.19. The number of carbonyl (C=O) groups excluding carboxylic acids is 1. The Hall–Kier alpha value is -0.570. The number of rotatable bonds is 0. The molecule has 3 nitrogen and oxygen atoms in total. The molecule has 2 saturated heterocycles. The second-order valence-electron chi connectivity index (χ2n) is 7.92. The predicted octanol–water partition coefficient (Wildman–Crippen LogP) is 2.51. The minimum atomic E-state index is -0.247. The number of piperazine rings is 1. The van der Waals surface area contributed by atoms with Crippen molar-refractivity contribution in [2.24, 2.45) is 5.41 Å². The lowest BCUT2D eigenvalue weighted by Crippen LogP contribution is -2.61. The summed E-state index contributed by atoms with van der Waals surface area (Å²) in [7, 11) is 0. The summed E-state index contributed by atoms with van der Waals surface area (Å²) in [6.07, 6.45) is 2.49. The summed E-state index contributed by atoms with van der Waals surface area (Å²) in [4.78, 5) is 17.1. The minimum Gasteiger partial charge on any atom is -0.339 e. The van der Waals surface area contributed by atoms with Gasteiger partial charge in [0.2, 0.25) is 5.91 Å². The molecule has 0 aliphatic carbocycles. The molecule has 2 unspecified atom stereocenters. The molecule has 2 rings (SSSR count). The molecule has 18 heavy (non-hydrogen) atoms. The maximum absolute atomic E-state index is 12.4. The van der Waals surface area contributed by atoms with Crippen LogP contribution in [-0.4, -0.2) is 46.4 Å². The molecule has 0 aromatic carbocycles. The highest BCUT2D eigenvalue weighted by molar-refractivity contribution is 5.81. The summed E-state index contributed by atoms with van der Waals surface area (Å²) < 4.78 is 0. The summed E-state index contributed by atoms with van der Waals surface area (Å²) in [6.45, 7) is 14.8. The standard InChI is InChI=1S/C15H28N2O/c1-14(2,3)13(18)16-9-11-7-8-12(10-16)17(11)15(4,5)6/h11-12H,7-10H2,1-6H3. The molecule has 104 valence electrons. The van der Waals surface area contributed by atoms with E-state index in [1.54, 1.807) is 0 Å². The van der Waals surface area contributed by atoms with Crippen LogP contribution in [0.4, 0.5) is 0 Å². The number of nitrogens with zero attached hydrogens (tertiary/aromatic N) is 2. The summed E-state index contributed by atoms with van der Waals surface area (Å²) >= 11 is 0. The smallest absolute Gasteiger partial charge is 0.228 e. The third kappa shape index (κ3) is 2.42. The Kier molecular flexibility index (Phi) is 3.25. The van der Waals surface area contributed by atoms with E-state index >= 15 is 0 Å². The highest BCUT2D eigenvalue weighted by Crippen LogP contribution is 2.37. The van der Waals surface area contributed by atoms with E-state index in [-0.39, 0.29) is 11.0 Å². The molecular formula is C15H28N2O. The van der Waals surface area contributed by atoms with Crippen molar-refractivity contribution in [1.29, 1.82) is 0 Å². The number of fused-ring (bicyclic) bond motifs is 2. The third-order valence-corrected chi connectivity index (χ3v) is 4.19. The van der Waals surface area contributed by atoms with E-state index in [9.17, 15) is 4.79 Å². The van der Waals surface area contributed by atoms with E-state index in [0.29, 0.717) is 18.0 Å². The Morgan fingerprint density at radius 3 is 1.72 bits per heavy atom. The lowest BCUT2D eigenvalue weighted by atomic mass is 9.93. The van der Waals surface area contributed by atoms with Gasteiger partial charge in [0.1, 0.15) is 0 Å². The molecular weight excluding hydrogens is 224 g/mol. The molecule has 2 atom stereocenters. The van der Waals surface area contributed by atoms with Crippen LogP contribution in [0.3, 0.4) is 0 Å². The maximum atomic E-state index is 12.4. The highest BCUT2D eigenvalue weighted by atomic mass is 16.2. The van der Waals surface area contributed by atoms with E-state index in [1.807, 2.05) is 20.8 Å². The molecule has 2 bridgehead atoms. The van der Waals surface area contributed by atoms with E-state index in [0.717, 1.165) is 13.1 Å². The Morgan fingerprint density at radius 1 is 0.944 bits per heavy atom. The monoisotopic (exact) mass is 252 g/mol. The van der Waals surface area contributed by atoms with Gasteiger partial charge in [-0.1, -0.05) is 20.8 Å². The fraction of sp³-hybridized carbons (Fsp3) is 0.933. The number of hydrogen-bond donors (Lipinski definition) is 0. The van der Waals surface area contributed by atoms with Gasteiger partial charge in [0.25, 0.3) is 0 Å². The summed E-state index contributed by atoms with van der Waals surface area (Å²) in [5.41, 5.74) is -0.0218. The zero-order valence-electron chi connectivity index (χ0n) is 12.8. The van der Waals surface area contributed by atoms with Crippen LogP contribution in [0.25, 0.3) is 0 Å². The molecule has 2 aliphatic heterocycles. The van der Waals surface area contributed by atoms with Crippen LogP contribution in [0.1, 0.15) is 54.4 Å². The first kappa shape index (κ1) is 13.9. The Balaban J connectivity index is 2.12. The van der Waals surface area contributed by atoms with Crippen molar-refractivity contribution in [3.05, 3.63) is 0 Å². The molecule has 0 saturated carbocycles. The van der Waals surface area contributed by atoms with Gasteiger partial charge in [0.05, 0.1) is 0 Å². The van der Waals surface area contributed by atoms with Crippen LogP contribution in [0, 0.1) is 5.41 Å². The fourth-order valence-corrected chi connectivity index (χ4v) is 3.64. The van der Waals surface area contributed by atoms with Gasteiger partial charge in [-0.2, -0.15) is 0 Å². The van der Waals surface area contributed by atoms with Gasteiger partial charge in [-0.25, -0.2) is 0 Å². The van der Waals surface area contributed by atoms with E-state index in [4.69, 9.17) is 0 Å². The Morgan fingerprint density at radius 2 is 1.39 bits per heavy atom. The van der Waals surface area contributed by atoms with E-state index < -0.39 is 0 Å². The van der Waals surface area contributed by atoms with E-state index in [1.165, 1.54) is 12.8 Å². The summed E-state index contributed by atoms with van der Waals surface area (Å²) in [6, 6.07) is 1.13. The highest BCUT2D eigenvalue weighted by Gasteiger charge is 2.46. The molecule has 0 radical (unpaired) electrons. The molecule has 2 aliphatic rings. The molecule has 2 heterocycles. The van der Waals surface area contributed by atoms with Gasteiger partial charge in [0, 0.05) is 36.1 Å². The topological polar surface area (TPSA) is 23.6 Å². The number of amides is 1. The molecule has 0 spiro atoms. The van der Waals surface area contributed by atoms with Crippen LogP contribution >= 0.6 is 0 Å². The van der Waals surface area contributed by atoms with Gasteiger partial charge in [0.15, 0.2) is 0 Å². The lowest BCUT2D eigenvalue weighted by Gasteiger charge is -2.48. The first-order chi connectivity index (χ1) is 8.10. The van der Waals surface area contributed by atoms with Crippen molar-refractivity contribution >= 4 is 5.91 Å². The zero-order valence-corrected chi connectivity index (χ0v) is 12.8. The normalized spacial score (nSPS) is 29.8. The quantitative estimate of drug-likeness (QED) is 0.661. The van der Waals surface area contributed by atoms with Gasteiger partial charge in [-0.3, -0.25) is 9.69 Å². The van der Waals surface area contributed by atoms with Crippen LogP contribution in [0.5, 0.6) is 0 Å². The molecule has 2 fully saturated rings. The van der Waals surface area contributed by atoms with Crippen LogP contribution in [0.2, 0.25) is 0 Å². The van der Waals surface area contributed by atoms with Gasteiger partial charge < -0.3 is 4.90 Å². The molecule has 1 amide bonds. The largest absolute Gasteiger partial charge is 0.339 e. The van der Waals surface area contributed by atoms with Crippen LogP contribution < -0.4 is 0 Å². The second-order valence-corrected chi connectivity index (χ2v) is 7.92. The van der Waals surface area contributed by atoms with Crippen molar-refractivity contribution in [3.63, 3.8) is 0 Å². The first-order valence-electron chi connectivity index (χ1n) is 7.18. The summed E-state index contributed by atoms with van der Waals surface area (Å²) in [5, 5.41) is 0. The average Bonchev–Trinajstić information content (AvgIpc) is 2.48. The van der Waals surface area contributed by atoms with Crippen LogP contribution in [-0.2, 0) is 4.79 Å². The fourth-order valence-electron chi connectivity index (χ4n) is 3.64. The maximum Gasteiger partial charge on any atom is 0.228 e.